The first-order valence-corrected chi connectivity index (χ1v) is 8.67. The van der Waals surface area contributed by atoms with Crippen molar-refractivity contribution in [1.29, 1.82) is 0 Å². The van der Waals surface area contributed by atoms with Crippen LogP contribution in [-0.4, -0.2) is 61.5 Å². The lowest BCUT2D eigenvalue weighted by molar-refractivity contribution is -0.134. The topological polar surface area (TPSA) is 59.1 Å². The highest BCUT2D eigenvalue weighted by Gasteiger charge is 2.25. The molecule has 0 saturated carbocycles. The van der Waals surface area contributed by atoms with Crippen LogP contribution in [0.4, 0.5) is 4.39 Å². The molecule has 2 amide bonds. The molecule has 1 fully saturated rings. The van der Waals surface area contributed by atoms with Crippen molar-refractivity contribution in [1.82, 2.24) is 9.80 Å². The third-order valence-electron chi connectivity index (χ3n) is 4.42. The summed E-state index contributed by atoms with van der Waals surface area (Å²) in [5.74, 6) is -0.220. The van der Waals surface area contributed by atoms with Gasteiger partial charge in [-0.1, -0.05) is 18.2 Å². The minimum Gasteiger partial charge on any atom is -0.494 e. The zero-order valence-electron chi connectivity index (χ0n) is 15.1. The van der Waals surface area contributed by atoms with Crippen LogP contribution in [0.15, 0.2) is 48.5 Å². The Balaban J connectivity index is 1.51. The highest BCUT2D eigenvalue weighted by molar-refractivity contribution is 5.94. The van der Waals surface area contributed by atoms with Crippen molar-refractivity contribution in [2.24, 2.45) is 0 Å². The molecule has 1 aliphatic rings. The number of amides is 2. The highest BCUT2D eigenvalue weighted by Crippen LogP contribution is 2.19. The van der Waals surface area contributed by atoms with Crippen LogP contribution in [0.1, 0.15) is 10.4 Å². The predicted octanol–water partition coefficient (Wildman–Crippen LogP) is 2.20. The molecule has 0 aromatic heterocycles. The van der Waals surface area contributed by atoms with Crippen LogP contribution in [0.5, 0.6) is 11.5 Å². The number of carbonyl (C=O) groups is 2. The van der Waals surface area contributed by atoms with Gasteiger partial charge in [0.1, 0.15) is 5.75 Å². The lowest BCUT2D eigenvalue weighted by Crippen LogP contribution is -2.51. The van der Waals surface area contributed by atoms with Gasteiger partial charge < -0.3 is 19.3 Å². The molecular weight excluding hydrogens is 351 g/mol. The van der Waals surface area contributed by atoms with Gasteiger partial charge in [0.05, 0.1) is 7.11 Å². The SMILES string of the molecule is COc1ccc(C(=O)N2CCN(C(=O)COc3ccccc3)CC2)cc1F. The fraction of sp³-hybridized carbons (Fsp3) is 0.300. The number of halogens is 1. The molecule has 3 rings (SSSR count). The van der Waals surface area contributed by atoms with E-state index in [9.17, 15) is 14.0 Å². The zero-order valence-corrected chi connectivity index (χ0v) is 15.1. The van der Waals surface area contributed by atoms with Crippen LogP contribution in [0.25, 0.3) is 0 Å². The van der Waals surface area contributed by atoms with Crippen molar-refractivity contribution in [3.8, 4) is 11.5 Å². The summed E-state index contributed by atoms with van der Waals surface area (Å²) in [6.45, 7) is 1.58. The third-order valence-corrected chi connectivity index (χ3v) is 4.42. The number of hydrogen-bond acceptors (Lipinski definition) is 4. The van der Waals surface area contributed by atoms with E-state index < -0.39 is 5.82 Å². The molecule has 2 aromatic carbocycles. The maximum atomic E-state index is 13.8. The second-order valence-electron chi connectivity index (χ2n) is 6.12. The number of benzene rings is 2. The van der Waals surface area contributed by atoms with Gasteiger partial charge in [0.15, 0.2) is 18.2 Å². The molecule has 0 radical (unpaired) electrons. The average molecular weight is 372 g/mol. The normalized spacial score (nSPS) is 14.0. The second-order valence-corrected chi connectivity index (χ2v) is 6.12. The molecule has 0 aliphatic carbocycles. The maximum absolute atomic E-state index is 13.8. The van der Waals surface area contributed by atoms with E-state index in [-0.39, 0.29) is 29.7 Å². The van der Waals surface area contributed by atoms with Crippen LogP contribution >= 0.6 is 0 Å². The maximum Gasteiger partial charge on any atom is 0.260 e. The Hall–Kier alpha value is -3.09. The predicted molar refractivity (Wildman–Crippen MR) is 97.4 cm³/mol. The van der Waals surface area contributed by atoms with Gasteiger partial charge >= 0.3 is 0 Å². The van der Waals surface area contributed by atoms with Crippen molar-refractivity contribution in [2.45, 2.75) is 0 Å². The van der Waals surface area contributed by atoms with Crippen molar-refractivity contribution in [3.63, 3.8) is 0 Å². The number of para-hydroxylation sites is 1. The Labute approximate surface area is 157 Å². The fourth-order valence-corrected chi connectivity index (χ4v) is 2.89. The molecule has 27 heavy (non-hydrogen) atoms. The van der Waals surface area contributed by atoms with Crippen LogP contribution in [0.3, 0.4) is 0 Å². The lowest BCUT2D eigenvalue weighted by Gasteiger charge is -2.34. The van der Waals surface area contributed by atoms with E-state index in [0.717, 1.165) is 0 Å². The van der Waals surface area contributed by atoms with E-state index in [1.165, 1.54) is 25.3 Å². The van der Waals surface area contributed by atoms with Crippen molar-refractivity contribution < 1.29 is 23.5 Å². The molecule has 6 nitrogen and oxygen atoms in total. The summed E-state index contributed by atoms with van der Waals surface area (Å²) in [5, 5.41) is 0. The molecule has 7 heteroatoms. The Morgan fingerprint density at radius 2 is 1.67 bits per heavy atom. The summed E-state index contributed by atoms with van der Waals surface area (Å²) in [4.78, 5) is 28.1. The van der Waals surface area contributed by atoms with Crippen LogP contribution < -0.4 is 9.47 Å². The molecule has 0 N–H and O–H groups in total. The molecule has 2 aromatic rings. The number of nitrogens with zero attached hydrogens (tertiary/aromatic N) is 2. The van der Waals surface area contributed by atoms with Gasteiger partial charge in [0.25, 0.3) is 11.8 Å². The molecule has 142 valence electrons. The van der Waals surface area contributed by atoms with Gasteiger partial charge in [-0.25, -0.2) is 4.39 Å². The monoisotopic (exact) mass is 372 g/mol. The molecular formula is C20H21FN2O4. The van der Waals surface area contributed by atoms with Gasteiger partial charge in [-0.2, -0.15) is 0 Å². The van der Waals surface area contributed by atoms with Crippen LogP contribution in [-0.2, 0) is 4.79 Å². The van der Waals surface area contributed by atoms with Gasteiger partial charge in [0, 0.05) is 31.7 Å². The Bertz CT molecular complexity index is 805. The summed E-state index contributed by atoms with van der Waals surface area (Å²) >= 11 is 0. The Morgan fingerprint density at radius 1 is 1.00 bits per heavy atom. The lowest BCUT2D eigenvalue weighted by atomic mass is 10.1. The third kappa shape index (κ3) is 4.55. The zero-order chi connectivity index (χ0) is 19.2. The summed E-state index contributed by atoms with van der Waals surface area (Å²) in [6, 6.07) is 13.3. The quantitative estimate of drug-likeness (QED) is 0.807. The first-order chi connectivity index (χ1) is 13.1. The first kappa shape index (κ1) is 18.7. The van der Waals surface area contributed by atoms with E-state index in [1.54, 1.807) is 21.9 Å². The molecule has 0 unspecified atom stereocenters. The molecule has 1 heterocycles. The Morgan fingerprint density at radius 3 is 2.30 bits per heavy atom. The molecule has 0 bridgehead atoms. The smallest absolute Gasteiger partial charge is 0.260 e. The van der Waals surface area contributed by atoms with Gasteiger partial charge in [-0.3, -0.25) is 9.59 Å². The van der Waals surface area contributed by atoms with Crippen molar-refractivity contribution in [2.75, 3.05) is 39.9 Å². The number of methoxy groups -OCH3 is 1. The molecule has 1 aliphatic heterocycles. The standard InChI is InChI=1S/C20H21FN2O4/c1-26-18-8-7-15(13-17(18)21)20(25)23-11-9-22(10-12-23)19(24)14-27-16-5-3-2-4-6-16/h2-8,13H,9-12,14H2,1H3. The minimum absolute atomic E-state index is 0.0400. The first-order valence-electron chi connectivity index (χ1n) is 8.67. The van der Waals surface area contributed by atoms with Gasteiger partial charge in [0.2, 0.25) is 0 Å². The fourth-order valence-electron chi connectivity index (χ4n) is 2.89. The second kappa shape index (κ2) is 8.53. The van der Waals surface area contributed by atoms with Crippen molar-refractivity contribution in [3.05, 3.63) is 59.9 Å². The van der Waals surface area contributed by atoms with Crippen LogP contribution in [0, 0.1) is 5.82 Å². The molecule has 0 spiro atoms. The number of piperazine rings is 1. The number of rotatable bonds is 5. The molecule has 1 saturated heterocycles. The van der Waals surface area contributed by atoms with Crippen LogP contribution in [0.2, 0.25) is 0 Å². The van der Waals surface area contributed by atoms with Crippen molar-refractivity contribution >= 4 is 11.8 Å². The van der Waals surface area contributed by atoms with E-state index in [2.05, 4.69) is 0 Å². The van der Waals surface area contributed by atoms with Gasteiger partial charge in [-0.05, 0) is 30.3 Å². The average Bonchev–Trinajstić information content (AvgIpc) is 2.72. The van der Waals surface area contributed by atoms with E-state index in [4.69, 9.17) is 9.47 Å². The van der Waals surface area contributed by atoms with Gasteiger partial charge in [-0.15, -0.1) is 0 Å². The Kier molecular flexibility index (Phi) is 5.90. The summed E-state index contributed by atoms with van der Waals surface area (Å²) in [7, 11) is 1.37. The highest BCUT2D eigenvalue weighted by atomic mass is 19.1. The van der Waals surface area contributed by atoms with E-state index in [0.29, 0.717) is 31.9 Å². The summed E-state index contributed by atoms with van der Waals surface area (Å²) < 4.78 is 24.1. The minimum atomic E-state index is -0.574. The summed E-state index contributed by atoms with van der Waals surface area (Å²) in [6.07, 6.45) is 0. The summed E-state index contributed by atoms with van der Waals surface area (Å²) in [5.41, 5.74) is 0.264. The molecule has 0 atom stereocenters. The largest absolute Gasteiger partial charge is 0.494 e. The van der Waals surface area contributed by atoms with E-state index >= 15 is 0 Å². The number of carbonyl (C=O) groups excluding carboxylic acids is 2. The number of ether oxygens (including phenoxy) is 2. The number of hydrogen-bond donors (Lipinski definition) is 0. The van der Waals surface area contributed by atoms with E-state index in [1.807, 2.05) is 18.2 Å².